The monoisotopic (exact) mass is 499 g/mol. The van der Waals surface area contributed by atoms with E-state index in [9.17, 15) is 4.79 Å². The minimum atomic E-state index is -0.501. The van der Waals surface area contributed by atoms with Gasteiger partial charge in [0.2, 0.25) is 0 Å². The number of guanidine groups is 1. The van der Waals surface area contributed by atoms with E-state index in [4.69, 9.17) is 16.3 Å². The Morgan fingerprint density at radius 3 is 2.54 bits per heavy atom. The molecular weight excluding hydrogens is 469 g/mol. The van der Waals surface area contributed by atoms with E-state index < -0.39 is 11.7 Å². The van der Waals surface area contributed by atoms with Crippen molar-refractivity contribution in [3.63, 3.8) is 0 Å². The van der Waals surface area contributed by atoms with Crippen LogP contribution in [0.4, 0.5) is 4.79 Å². The molecule has 0 saturated carbocycles. The van der Waals surface area contributed by atoms with Crippen LogP contribution in [-0.2, 0) is 18.3 Å². The molecule has 7 nitrogen and oxygen atoms in total. The van der Waals surface area contributed by atoms with Crippen molar-refractivity contribution in [3.05, 3.63) is 23.0 Å². The van der Waals surface area contributed by atoms with Crippen molar-refractivity contribution in [3.8, 4) is 0 Å². The number of ether oxygens (including phenoxy) is 1. The lowest BCUT2D eigenvalue weighted by molar-refractivity contribution is 0.0529. The van der Waals surface area contributed by atoms with Crippen molar-refractivity contribution < 1.29 is 9.53 Å². The summed E-state index contributed by atoms with van der Waals surface area (Å²) in [6.07, 6.45) is 1.44. The normalized spacial score (nSPS) is 11.6. The van der Waals surface area contributed by atoms with Gasteiger partial charge in [-0.2, -0.15) is 0 Å². The first kappa shape index (κ1) is 24.8. The second-order valence-corrected chi connectivity index (χ2v) is 7.22. The predicted molar refractivity (Wildman–Crippen MR) is 118 cm³/mol. The van der Waals surface area contributed by atoms with Gasteiger partial charge in [0.15, 0.2) is 5.96 Å². The van der Waals surface area contributed by atoms with E-state index in [2.05, 4.69) is 15.6 Å². The van der Waals surface area contributed by atoms with E-state index in [-0.39, 0.29) is 24.0 Å². The molecule has 0 aliphatic rings. The average molecular weight is 500 g/mol. The fourth-order valence-corrected chi connectivity index (χ4v) is 2.42. The molecule has 0 aromatic carbocycles. The molecule has 0 unspecified atom stereocenters. The lowest BCUT2D eigenvalue weighted by Crippen LogP contribution is -2.39. The van der Waals surface area contributed by atoms with Crippen LogP contribution in [0, 0.1) is 0 Å². The third-order valence-corrected chi connectivity index (χ3v) is 3.42. The summed E-state index contributed by atoms with van der Waals surface area (Å²) in [7, 11) is 3.92. The number of amides is 1. The molecule has 1 aromatic rings. The predicted octanol–water partition coefficient (Wildman–Crippen LogP) is 3.22. The molecule has 1 aromatic heterocycles. The van der Waals surface area contributed by atoms with Gasteiger partial charge in [0, 0.05) is 39.1 Å². The highest BCUT2D eigenvalue weighted by atomic mass is 127. The smallest absolute Gasteiger partial charge is 0.407 e. The van der Waals surface area contributed by atoms with Gasteiger partial charge in [0.25, 0.3) is 0 Å². The van der Waals surface area contributed by atoms with Crippen molar-refractivity contribution in [2.24, 2.45) is 12.0 Å². The van der Waals surface area contributed by atoms with E-state index in [0.717, 1.165) is 23.2 Å². The number of hydrogen-bond acceptors (Lipinski definition) is 3. The number of alkyl carbamates (subject to hydrolysis) is 1. The SMILES string of the molecule is CCNC(=NCCNC(=O)OC(C)(C)C)N(C)Cc1cc(Cl)cn1C.I. The third-order valence-electron chi connectivity index (χ3n) is 3.21. The standard InChI is InChI=1S/C17H30ClN5O2.HI/c1-7-19-15(20-8-9-21-16(24)25-17(2,3)4)23(6)12-14-10-13(18)11-22(14)5;/h10-11H,7-9,12H2,1-6H3,(H,19,20)(H,21,24);1H. The number of aromatic nitrogens is 1. The molecule has 9 heteroatoms. The number of rotatable bonds is 6. The minimum Gasteiger partial charge on any atom is -0.444 e. The van der Waals surface area contributed by atoms with Gasteiger partial charge in [0.05, 0.1) is 18.1 Å². The van der Waals surface area contributed by atoms with Crippen LogP contribution in [0.15, 0.2) is 17.3 Å². The fourth-order valence-electron chi connectivity index (χ4n) is 2.14. The highest BCUT2D eigenvalue weighted by molar-refractivity contribution is 14.0. The average Bonchev–Trinajstić information content (AvgIpc) is 2.78. The Hall–Kier alpha value is -1.16. The number of carbonyl (C=O) groups excluding carboxylic acids is 1. The molecule has 26 heavy (non-hydrogen) atoms. The van der Waals surface area contributed by atoms with E-state index in [0.29, 0.717) is 19.6 Å². The quantitative estimate of drug-likeness (QED) is 0.273. The van der Waals surface area contributed by atoms with Crippen molar-refractivity contribution in [1.29, 1.82) is 0 Å². The van der Waals surface area contributed by atoms with Gasteiger partial charge in [-0.1, -0.05) is 11.6 Å². The lowest BCUT2D eigenvalue weighted by atomic mass is 10.2. The van der Waals surface area contributed by atoms with Gasteiger partial charge in [-0.05, 0) is 33.8 Å². The van der Waals surface area contributed by atoms with Crippen LogP contribution in [-0.4, -0.2) is 53.8 Å². The van der Waals surface area contributed by atoms with Gasteiger partial charge in [0.1, 0.15) is 5.60 Å². The largest absolute Gasteiger partial charge is 0.444 e. The van der Waals surface area contributed by atoms with Crippen molar-refractivity contribution >= 4 is 47.6 Å². The van der Waals surface area contributed by atoms with E-state index in [1.165, 1.54) is 0 Å². The van der Waals surface area contributed by atoms with Crippen molar-refractivity contribution in [2.75, 3.05) is 26.7 Å². The summed E-state index contributed by atoms with van der Waals surface area (Å²) in [6, 6.07) is 1.94. The maximum Gasteiger partial charge on any atom is 0.407 e. The van der Waals surface area contributed by atoms with E-state index >= 15 is 0 Å². The molecule has 0 fully saturated rings. The summed E-state index contributed by atoms with van der Waals surface area (Å²) in [5, 5.41) is 6.66. The molecule has 0 aliphatic carbocycles. The van der Waals surface area contributed by atoms with Crippen LogP contribution in [0.3, 0.4) is 0 Å². The fraction of sp³-hybridized carbons (Fsp3) is 0.647. The molecule has 0 radical (unpaired) electrons. The minimum absolute atomic E-state index is 0. The number of aliphatic imine (C=N–C) groups is 1. The molecule has 0 bridgehead atoms. The summed E-state index contributed by atoms with van der Waals surface area (Å²) in [5.74, 6) is 0.769. The molecule has 0 spiro atoms. The van der Waals surface area contributed by atoms with Gasteiger partial charge in [-0.25, -0.2) is 4.79 Å². The number of hydrogen-bond donors (Lipinski definition) is 2. The van der Waals surface area contributed by atoms with E-state index in [1.807, 2.05) is 63.5 Å². The maximum absolute atomic E-state index is 11.6. The Morgan fingerprint density at radius 2 is 2.04 bits per heavy atom. The Balaban J connectivity index is 0.00000625. The number of aryl methyl sites for hydroxylation is 1. The Kier molecular flexibility index (Phi) is 11.0. The number of carbonyl (C=O) groups is 1. The number of nitrogens with one attached hydrogen (secondary N) is 2. The van der Waals surface area contributed by atoms with Crippen LogP contribution in [0.1, 0.15) is 33.4 Å². The molecule has 0 atom stereocenters. The molecular formula is C17H31ClIN5O2. The zero-order valence-electron chi connectivity index (χ0n) is 16.4. The number of halogens is 2. The first-order chi connectivity index (χ1) is 11.6. The highest BCUT2D eigenvalue weighted by Crippen LogP contribution is 2.14. The van der Waals surface area contributed by atoms with Crippen LogP contribution in [0.25, 0.3) is 0 Å². The zero-order chi connectivity index (χ0) is 19.0. The Labute approximate surface area is 178 Å². The first-order valence-corrected chi connectivity index (χ1v) is 8.77. The Morgan fingerprint density at radius 1 is 1.38 bits per heavy atom. The maximum atomic E-state index is 11.6. The first-order valence-electron chi connectivity index (χ1n) is 8.39. The second kappa shape index (κ2) is 11.5. The van der Waals surface area contributed by atoms with Crippen molar-refractivity contribution in [2.45, 2.75) is 39.8 Å². The topological polar surface area (TPSA) is 70.9 Å². The lowest BCUT2D eigenvalue weighted by Gasteiger charge is -2.22. The summed E-state index contributed by atoms with van der Waals surface area (Å²) in [5.41, 5.74) is 0.587. The summed E-state index contributed by atoms with van der Waals surface area (Å²) < 4.78 is 7.19. The summed E-state index contributed by atoms with van der Waals surface area (Å²) in [4.78, 5) is 18.2. The van der Waals surface area contributed by atoms with E-state index in [1.54, 1.807) is 0 Å². The molecule has 2 N–H and O–H groups in total. The molecule has 1 amide bonds. The molecule has 1 rings (SSSR count). The van der Waals surface area contributed by atoms with Crippen LogP contribution in [0.2, 0.25) is 5.02 Å². The summed E-state index contributed by atoms with van der Waals surface area (Å²) >= 11 is 6.03. The van der Waals surface area contributed by atoms with Crippen LogP contribution < -0.4 is 10.6 Å². The summed E-state index contributed by atoms with van der Waals surface area (Å²) in [6.45, 7) is 9.82. The van der Waals surface area contributed by atoms with Gasteiger partial charge in [-0.3, -0.25) is 4.99 Å². The Bertz CT molecular complexity index is 598. The van der Waals surface area contributed by atoms with Crippen molar-refractivity contribution in [1.82, 2.24) is 20.1 Å². The molecule has 150 valence electrons. The molecule has 0 saturated heterocycles. The molecule has 1 heterocycles. The zero-order valence-corrected chi connectivity index (χ0v) is 19.5. The van der Waals surface area contributed by atoms with Gasteiger partial charge in [-0.15, -0.1) is 24.0 Å². The van der Waals surface area contributed by atoms with Crippen LogP contribution in [0.5, 0.6) is 0 Å². The van der Waals surface area contributed by atoms with Gasteiger partial charge < -0.3 is 24.8 Å². The van der Waals surface area contributed by atoms with Crippen LogP contribution >= 0.6 is 35.6 Å². The van der Waals surface area contributed by atoms with Gasteiger partial charge >= 0.3 is 6.09 Å². The number of nitrogens with zero attached hydrogens (tertiary/aromatic N) is 3. The molecule has 0 aliphatic heterocycles. The second-order valence-electron chi connectivity index (χ2n) is 6.78. The highest BCUT2D eigenvalue weighted by Gasteiger charge is 2.15. The third kappa shape index (κ3) is 9.51.